The highest BCUT2D eigenvalue weighted by molar-refractivity contribution is 5.59. The molecule has 1 fully saturated rings. The number of aromatic nitrogens is 2. The quantitative estimate of drug-likeness (QED) is 0.801. The number of nitrogens with one attached hydrogen (secondary N) is 1. The lowest BCUT2D eigenvalue weighted by Crippen LogP contribution is -2.29. The number of nitrogens with zero attached hydrogens (tertiary/aromatic N) is 1. The van der Waals surface area contributed by atoms with Gasteiger partial charge in [0, 0.05) is 0 Å². The summed E-state index contributed by atoms with van der Waals surface area (Å²) in [5.41, 5.74) is 2.95. The molecule has 1 N–H and O–H groups in total. The van der Waals surface area contributed by atoms with Crippen LogP contribution in [0.3, 0.4) is 0 Å². The SMILES string of the molecule is C=C/C(=C\CC)C(=C)/C=c1/[nH]nc(C)/c1=C(/C)OC1CCCCC1. The van der Waals surface area contributed by atoms with Crippen LogP contribution in [-0.2, 0) is 4.74 Å². The number of ether oxygens (including phenoxy) is 1. The van der Waals surface area contributed by atoms with Crippen LogP contribution in [0.15, 0.2) is 36.5 Å². The van der Waals surface area contributed by atoms with Gasteiger partial charge in [-0.25, -0.2) is 0 Å². The van der Waals surface area contributed by atoms with Gasteiger partial charge in [0.1, 0.15) is 5.76 Å². The van der Waals surface area contributed by atoms with Crippen molar-refractivity contribution < 1.29 is 4.74 Å². The topological polar surface area (TPSA) is 37.9 Å². The second-order valence-corrected chi connectivity index (χ2v) is 6.47. The molecule has 3 heteroatoms. The van der Waals surface area contributed by atoms with Crippen LogP contribution in [0.25, 0.3) is 11.8 Å². The fourth-order valence-electron chi connectivity index (χ4n) is 3.31. The molecular formula is C21H30N2O. The standard InChI is InChI=1S/C21H30N2O/c1-6-11-18(7-2)15(3)14-20-21(16(4)22-23-20)17(5)24-19-12-9-8-10-13-19/h7,11,14,19,23H,2-3,6,8-10,12-13H2,1,4-5H3/b18-11+,20-14+,21-17+. The maximum absolute atomic E-state index is 6.25. The zero-order valence-electron chi connectivity index (χ0n) is 15.3. The van der Waals surface area contributed by atoms with Gasteiger partial charge in [-0.2, -0.15) is 5.10 Å². The van der Waals surface area contributed by atoms with Gasteiger partial charge in [-0.15, -0.1) is 0 Å². The molecule has 0 amide bonds. The average molecular weight is 326 g/mol. The van der Waals surface area contributed by atoms with E-state index in [0.717, 1.165) is 52.4 Å². The van der Waals surface area contributed by atoms with E-state index in [9.17, 15) is 0 Å². The Balaban J connectivity index is 2.38. The molecule has 3 nitrogen and oxygen atoms in total. The summed E-state index contributed by atoms with van der Waals surface area (Å²) < 4.78 is 6.25. The molecule has 0 atom stereocenters. The minimum atomic E-state index is 0.341. The number of H-pyrrole nitrogens is 1. The summed E-state index contributed by atoms with van der Waals surface area (Å²) in [6.45, 7) is 14.2. The van der Waals surface area contributed by atoms with Crippen molar-refractivity contribution in [3.8, 4) is 0 Å². The van der Waals surface area contributed by atoms with E-state index in [-0.39, 0.29) is 0 Å². The Bertz CT molecular complexity index is 730. The van der Waals surface area contributed by atoms with Gasteiger partial charge in [0.25, 0.3) is 0 Å². The predicted octanol–water partition coefficient (Wildman–Crippen LogP) is 4.05. The number of aryl methyl sites for hydroxylation is 1. The van der Waals surface area contributed by atoms with E-state index in [1.807, 2.05) is 26.0 Å². The lowest BCUT2D eigenvalue weighted by Gasteiger charge is -2.23. The van der Waals surface area contributed by atoms with E-state index < -0.39 is 0 Å². The minimum absolute atomic E-state index is 0.341. The molecule has 0 unspecified atom stereocenters. The molecule has 1 aliphatic carbocycles. The Morgan fingerprint density at radius 2 is 2.04 bits per heavy atom. The molecular weight excluding hydrogens is 296 g/mol. The van der Waals surface area contributed by atoms with E-state index >= 15 is 0 Å². The Hall–Kier alpha value is -2.03. The first kappa shape index (κ1) is 18.3. The van der Waals surface area contributed by atoms with E-state index in [4.69, 9.17) is 4.74 Å². The third kappa shape index (κ3) is 4.50. The molecule has 1 saturated carbocycles. The highest BCUT2D eigenvalue weighted by atomic mass is 16.5. The van der Waals surface area contributed by atoms with Gasteiger partial charge in [0.2, 0.25) is 0 Å². The van der Waals surface area contributed by atoms with Gasteiger partial charge < -0.3 is 4.74 Å². The van der Waals surface area contributed by atoms with Gasteiger partial charge >= 0.3 is 0 Å². The zero-order valence-corrected chi connectivity index (χ0v) is 15.3. The van der Waals surface area contributed by atoms with Crippen molar-refractivity contribution in [1.82, 2.24) is 10.2 Å². The molecule has 0 radical (unpaired) electrons. The van der Waals surface area contributed by atoms with Crippen LogP contribution in [0, 0.1) is 6.92 Å². The second-order valence-electron chi connectivity index (χ2n) is 6.47. The van der Waals surface area contributed by atoms with E-state index in [1.54, 1.807) is 0 Å². The second kappa shape index (κ2) is 8.72. The van der Waals surface area contributed by atoms with Gasteiger partial charge in [-0.3, -0.25) is 5.10 Å². The summed E-state index contributed by atoms with van der Waals surface area (Å²) in [5.74, 6) is 0.951. The van der Waals surface area contributed by atoms with Crippen LogP contribution in [0.5, 0.6) is 0 Å². The maximum atomic E-state index is 6.25. The third-order valence-electron chi connectivity index (χ3n) is 4.56. The molecule has 2 rings (SSSR count). The molecule has 0 aliphatic heterocycles. The van der Waals surface area contributed by atoms with Crippen molar-refractivity contribution >= 4 is 11.8 Å². The Morgan fingerprint density at radius 1 is 1.33 bits per heavy atom. The fraction of sp³-hybridized carbons (Fsp3) is 0.476. The molecule has 0 spiro atoms. The number of hydrogen-bond acceptors (Lipinski definition) is 2. The van der Waals surface area contributed by atoms with Gasteiger partial charge in [0.15, 0.2) is 0 Å². The lowest BCUT2D eigenvalue weighted by atomic mass is 9.98. The highest BCUT2D eigenvalue weighted by Crippen LogP contribution is 2.22. The normalized spacial score (nSPS) is 18.5. The summed E-state index contributed by atoms with van der Waals surface area (Å²) in [5, 5.41) is 9.50. The van der Waals surface area contributed by atoms with Crippen molar-refractivity contribution in [3.05, 3.63) is 52.7 Å². The van der Waals surface area contributed by atoms with Crippen LogP contribution >= 0.6 is 0 Å². The summed E-state index contributed by atoms with van der Waals surface area (Å²) in [7, 11) is 0. The van der Waals surface area contributed by atoms with Crippen LogP contribution in [0.4, 0.5) is 0 Å². The fourth-order valence-corrected chi connectivity index (χ4v) is 3.31. The van der Waals surface area contributed by atoms with E-state index in [2.05, 4.69) is 36.4 Å². The summed E-state index contributed by atoms with van der Waals surface area (Å²) >= 11 is 0. The first-order chi connectivity index (χ1) is 11.6. The zero-order chi connectivity index (χ0) is 17.5. The van der Waals surface area contributed by atoms with Crippen LogP contribution in [-0.4, -0.2) is 16.3 Å². The first-order valence-corrected chi connectivity index (χ1v) is 8.99. The van der Waals surface area contributed by atoms with E-state index in [1.165, 1.54) is 19.3 Å². The summed E-state index contributed by atoms with van der Waals surface area (Å²) in [6, 6.07) is 0. The number of allylic oxidation sites excluding steroid dienone is 4. The van der Waals surface area contributed by atoms with Crippen LogP contribution in [0.2, 0.25) is 0 Å². The Morgan fingerprint density at radius 3 is 2.67 bits per heavy atom. The van der Waals surface area contributed by atoms with Crippen molar-refractivity contribution in [2.24, 2.45) is 0 Å². The first-order valence-electron chi connectivity index (χ1n) is 8.99. The van der Waals surface area contributed by atoms with Crippen molar-refractivity contribution in [2.45, 2.75) is 65.4 Å². The Labute approximate surface area is 145 Å². The van der Waals surface area contributed by atoms with Crippen molar-refractivity contribution in [3.63, 3.8) is 0 Å². The molecule has 24 heavy (non-hydrogen) atoms. The van der Waals surface area contributed by atoms with Gasteiger partial charge in [-0.1, -0.05) is 38.7 Å². The van der Waals surface area contributed by atoms with Gasteiger partial charge in [-0.05, 0) is 63.2 Å². The number of hydrogen-bond donors (Lipinski definition) is 1. The molecule has 1 aromatic rings. The molecule has 0 saturated heterocycles. The lowest BCUT2D eigenvalue weighted by molar-refractivity contribution is 0.121. The molecule has 1 aliphatic rings. The number of aromatic amines is 1. The molecule has 130 valence electrons. The highest BCUT2D eigenvalue weighted by Gasteiger charge is 2.15. The van der Waals surface area contributed by atoms with Crippen LogP contribution < -0.4 is 10.6 Å². The van der Waals surface area contributed by atoms with Crippen molar-refractivity contribution in [2.75, 3.05) is 0 Å². The average Bonchev–Trinajstić information content (AvgIpc) is 2.93. The summed E-state index contributed by atoms with van der Waals surface area (Å²) in [4.78, 5) is 0. The van der Waals surface area contributed by atoms with E-state index in [0.29, 0.717) is 6.10 Å². The molecule has 0 aromatic carbocycles. The van der Waals surface area contributed by atoms with Gasteiger partial charge in [0.05, 0.1) is 22.4 Å². The maximum Gasteiger partial charge on any atom is 0.105 e. The monoisotopic (exact) mass is 326 g/mol. The summed E-state index contributed by atoms with van der Waals surface area (Å²) in [6.07, 6.45) is 13.5. The minimum Gasteiger partial charge on any atom is -0.494 e. The predicted molar refractivity (Wildman–Crippen MR) is 102 cm³/mol. The van der Waals surface area contributed by atoms with Crippen molar-refractivity contribution in [1.29, 1.82) is 0 Å². The smallest absolute Gasteiger partial charge is 0.105 e. The molecule has 0 bridgehead atoms. The third-order valence-corrected chi connectivity index (χ3v) is 4.56. The Kier molecular flexibility index (Phi) is 6.65. The molecule has 1 aromatic heterocycles. The van der Waals surface area contributed by atoms with Crippen LogP contribution in [0.1, 0.15) is 58.1 Å². The number of rotatable bonds is 6. The largest absolute Gasteiger partial charge is 0.494 e. The molecule has 1 heterocycles.